The molecule has 0 radical (unpaired) electrons. The predicted octanol–water partition coefficient (Wildman–Crippen LogP) is 3.28. The number of allylic oxidation sites excluding steroid dienone is 2. The van der Waals surface area contributed by atoms with Crippen LogP contribution in [0.2, 0.25) is 0 Å². The van der Waals surface area contributed by atoms with Crippen LogP contribution in [0.4, 0.5) is 0 Å². The lowest BCUT2D eigenvalue weighted by Gasteiger charge is -2.65. The number of hydrogen-bond donors (Lipinski definition) is 6. The molecule has 0 spiro atoms. The van der Waals surface area contributed by atoms with E-state index in [1.54, 1.807) is 0 Å². The van der Waals surface area contributed by atoms with Crippen LogP contribution >= 0.6 is 0 Å². The molecule has 0 aromatic heterocycles. The van der Waals surface area contributed by atoms with Crippen LogP contribution in [-0.2, 0) is 14.3 Å². The van der Waals surface area contributed by atoms with Crippen molar-refractivity contribution in [3.63, 3.8) is 0 Å². The molecule has 0 aromatic carbocycles. The van der Waals surface area contributed by atoms with Gasteiger partial charge in [-0.1, -0.05) is 59.3 Å². The molecule has 0 unspecified atom stereocenters. The number of aliphatic hydroxyl groups excluding tert-OH is 6. The van der Waals surface area contributed by atoms with Gasteiger partial charge < -0.3 is 40.1 Å². The van der Waals surface area contributed by atoms with E-state index < -0.39 is 48.1 Å². The summed E-state index contributed by atoms with van der Waals surface area (Å²) in [5.74, 6) is 1.55. The molecule has 1 aliphatic heterocycles. The summed E-state index contributed by atoms with van der Waals surface area (Å²) in [6, 6.07) is 0. The highest BCUT2D eigenvalue weighted by atomic mass is 16.7. The fourth-order valence-corrected chi connectivity index (χ4v) is 10.9. The maximum absolute atomic E-state index is 14.6. The van der Waals surface area contributed by atoms with Crippen molar-refractivity contribution in [2.75, 3.05) is 19.8 Å². The van der Waals surface area contributed by atoms with Gasteiger partial charge in [0.15, 0.2) is 6.29 Å². The topological polar surface area (TPSA) is 157 Å². The molecule has 5 aliphatic rings. The second-order valence-electron chi connectivity index (χ2n) is 16.2. The largest absolute Gasteiger partial charge is 0.394 e. The number of fused-ring (bicyclic) bond motifs is 5. The minimum atomic E-state index is -1.49. The van der Waals surface area contributed by atoms with E-state index in [4.69, 9.17) is 9.47 Å². The van der Waals surface area contributed by atoms with E-state index in [0.29, 0.717) is 36.0 Å². The lowest BCUT2D eigenvalue weighted by molar-refractivity contribution is -0.319. The van der Waals surface area contributed by atoms with Crippen LogP contribution in [0.15, 0.2) is 23.3 Å². The minimum absolute atomic E-state index is 0.0155. The third kappa shape index (κ3) is 5.41. The zero-order chi connectivity index (χ0) is 33.1. The SMILES string of the molecule is C[C@H](CCC=C(CO)CO)[C@H]1CC[C@@]2(C)[C@@H]3CC=C4[C@@H](CC[C@H](O[C@@H]5O[C@H](CO)[C@@H](O)[C@H](O)[C@H]5O)C4(C)C)[C@]3(C)C(=O)C[C@]12C. The smallest absolute Gasteiger partial charge is 0.187 e. The van der Waals surface area contributed by atoms with Gasteiger partial charge in [0.25, 0.3) is 0 Å². The van der Waals surface area contributed by atoms with Gasteiger partial charge in [-0.25, -0.2) is 0 Å². The molecule has 45 heavy (non-hydrogen) atoms. The van der Waals surface area contributed by atoms with E-state index in [1.807, 2.05) is 6.08 Å². The highest BCUT2D eigenvalue weighted by molar-refractivity contribution is 5.88. The van der Waals surface area contributed by atoms with Crippen molar-refractivity contribution in [1.29, 1.82) is 0 Å². The summed E-state index contributed by atoms with van der Waals surface area (Å²) in [6.07, 6.45) is 4.23. The van der Waals surface area contributed by atoms with Crippen LogP contribution in [0.5, 0.6) is 0 Å². The summed E-state index contributed by atoms with van der Waals surface area (Å²) >= 11 is 0. The number of hydrogen-bond acceptors (Lipinski definition) is 9. The van der Waals surface area contributed by atoms with Gasteiger partial charge in [-0.05, 0) is 85.0 Å². The van der Waals surface area contributed by atoms with Gasteiger partial charge in [-0.15, -0.1) is 0 Å². The van der Waals surface area contributed by atoms with Crippen molar-refractivity contribution in [2.24, 2.45) is 45.3 Å². The monoisotopic (exact) mass is 634 g/mol. The van der Waals surface area contributed by atoms with Gasteiger partial charge in [0.2, 0.25) is 0 Å². The third-order valence-electron chi connectivity index (χ3n) is 14.0. The number of rotatable bonds is 9. The van der Waals surface area contributed by atoms with E-state index in [0.717, 1.165) is 38.5 Å². The Morgan fingerprint density at radius 1 is 1.00 bits per heavy atom. The first-order valence-corrected chi connectivity index (χ1v) is 17.2. The molecule has 4 fully saturated rings. The number of ketones is 1. The van der Waals surface area contributed by atoms with Gasteiger partial charge in [-0.2, -0.15) is 0 Å². The maximum atomic E-state index is 14.6. The first kappa shape index (κ1) is 35.1. The Hall–Kier alpha value is -1.17. The molecule has 4 aliphatic carbocycles. The van der Waals surface area contributed by atoms with Crippen molar-refractivity contribution in [3.05, 3.63) is 23.3 Å². The Labute approximate surface area is 268 Å². The van der Waals surface area contributed by atoms with Crippen molar-refractivity contribution >= 4 is 5.78 Å². The van der Waals surface area contributed by atoms with Crippen molar-refractivity contribution in [1.82, 2.24) is 0 Å². The number of ether oxygens (including phenoxy) is 2. The van der Waals surface area contributed by atoms with E-state index in [-0.39, 0.29) is 42.0 Å². The van der Waals surface area contributed by atoms with E-state index in [2.05, 4.69) is 47.6 Å². The summed E-state index contributed by atoms with van der Waals surface area (Å²) in [7, 11) is 0. The average Bonchev–Trinajstić information content (AvgIpc) is 3.27. The fourth-order valence-electron chi connectivity index (χ4n) is 10.9. The highest BCUT2D eigenvalue weighted by Gasteiger charge is 2.70. The number of aliphatic hydroxyl groups is 6. The first-order chi connectivity index (χ1) is 21.1. The molecule has 0 amide bonds. The summed E-state index contributed by atoms with van der Waals surface area (Å²) in [5.41, 5.74) is 0.858. The molecule has 1 saturated heterocycles. The molecule has 9 heteroatoms. The zero-order valence-corrected chi connectivity index (χ0v) is 28.1. The second-order valence-corrected chi connectivity index (χ2v) is 16.2. The highest BCUT2D eigenvalue weighted by Crippen LogP contribution is 2.74. The quantitative estimate of drug-likeness (QED) is 0.210. The number of carbonyl (C=O) groups is 1. The Morgan fingerprint density at radius 3 is 2.33 bits per heavy atom. The standard InChI is InChI=1S/C36H58O9/c1-20(8-7-9-21(17-37)18-38)22-14-15-34(4)26-12-10-23-24(36(26,6)27(40)16-35(22,34)5)11-13-28(33(23,2)3)45-32-31(43)30(42)29(41)25(19-39)44-32/h9-10,20,22,24-26,28-32,37-39,41-43H,7-8,11-19H2,1-6H3/t20-,22-,24-,25-,26+,28+,29-,30+,31-,32+,34+,35-,36+/m1/s1. The van der Waals surface area contributed by atoms with Crippen LogP contribution in [-0.4, -0.2) is 93.1 Å². The molecule has 9 nitrogen and oxygen atoms in total. The molecular formula is C36H58O9. The lowest BCUT2D eigenvalue weighted by Crippen LogP contribution is -2.64. The van der Waals surface area contributed by atoms with E-state index >= 15 is 0 Å². The summed E-state index contributed by atoms with van der Waals surface area (Å²) in [5, 5.41) is 59.7. The Morgan fingerprint density at radius 2 is 1.69 bits per heavy atom. The van der Waals surface area contributed by atoms with Crippen molar-refractivity contribution in [3.8, 4) is 0 Å². The zero-order valence-electron chi connectivity index (χ0n) is 28.1. The van der Waals surface area contributed by atoms with Gasteiger partial charge in [0.05, 0.1) is 25.9 Å². The molecule has 3 saturated carbocycles. The van der Waals surface area contributed by atoms with Crippen molar-refractivity contribution < 1.29 is 44.9 Å². The molecule has 5 rings (SSSR count). The molecule has 13 atom stereocenters. The molecule has 0 aromatic rings. The average molecular weight is 635 g/mol. The van der Waals surface area contributed by atoms with Gasteiger partial charge in [0.1, 0.15) is 30.2 Å². The van der Waals surface area contributed by atoms with Crippen LogP contribution in [0.1, 0.15) is 92.9 Å². The normalized spacial score (nSPS) is 46.4. The van der Waals surface area contributed by atoms with Crippen LogP contribution in [0.3, 0.4) is 0 Å². The van der Waals surface area contributed by atoms with Crippen molar-refractivity contribution in [2.45, 2.75) is 130 Å². The second kappa shape index (κ2) is 12.7. The maximum Gasteiger partial charge on any atom is 0.187 e. The molecular weight excluding hydrogens is 576 g/mol. The van der Waals surface area contributed by atoms with Crippen LogP contribution in [0, 0.1) is 45.3 Å². The molecule has 1 heterocycles. The fraction of sp³-hybridized carbons (Fsp3) is 0.861. The van der Waals surface area contributed by atoms with E-state index in [9.17, 15) is 35.4 Å². The molecule has 256 valence electrons. The Bertz CT molecular complexity index is 1160. The first-order valence-electron chi connectivity index (χ1n) is 17.2. The Kier molecular flexibility index (Phi) is 9.92. The Balaban J connectivity index is 1.37. The summed E-state index contributed by atoms with van der Waals surface area (Å²) in [4.78, 5) is 14.6. The number of Topliss-reactive ketones (excluding diaryl/α,β-unsaturated/α-hetero) is 1. The summed E-state index contributed by atoms with van der Waals surface area (Å²) < 4.78 is 12.1. The third-order valence-corrected chi connectivity index (χ3v) is 14.0. The van der Waals surface area contributed by atoms with E-state index in [1.165, 1.54) is 5.57 Å². The van der Waals surface area contributed by atoms with Crippen LogP contribution < -0.4 is 0 Å². The molecule has 6 N–H and O–H groups in total. The minimum Gasteiger partial charge on any atom is -0.394 e. The summed E-state index contributed by atoms with van der Waals surface area (Å²) in [6.45, 7) is 12.9. The van der Waals surface area contributed by atoms with Crippen LogP contribution in [0.25, 0.3) is 0 Å². The molecule has 0 bridgehead atoms. The van der Waals surface area contributed by atoms with Gasteiger partial charge in [-0.3, -0.25) is 4.79 Å². The van der Waals surface area contributed by atoms with Gasteiger partial charge in [0, 0.05) is 17.3 Å². The van der Waals surface area contributed by atoms with Gasteiger partial charge >= 0.3 is 0 Å². The number of carbonyl (C=O) groups excluding carboxylic acids is 1. The predicted molar refractivity (Wildman–Crippen MR) is 169 cm³/mol. The lowest BCUT2D eigenvalue weighted by atomic mass is 9.38.